The number of ketones is 2. The number of ether oxygens (including phenoxy) is 1. The number of carbonyl (C=O) groups excluding carboxylic acids is 3. The average molecular weight is 430 g/mol. The van der Waals surface area contributed by atoms with Crippen molar-refractivity contribution in [3.8, 4) is 0 Å². The predicted molar refractivity (Wildman–Crippen MR) is 109 cm³/mol. The SMILES string of the molecule is CCOC(=O)C(=O)CC(=O)c1cn(Cc2ccc(F)cc2)c2c(Cl)cccc2c1=O. The van der Waals surface area contributed by atoms with Crippen LogP contribution in [0.15, 0.2) is 53.5 Å². The van der Waals surface area contributed by atoms with Gasteiger partial charge in [0.2, 0.25) is 5.78 Å². The van der Waals surface area contributed by atoms with Crippen LogP contribution in [-0.4, -0.2) is 28.7 Å². The van der Waals surface area contributed by atoms with Crippen LogP contribution in [-0.2, 0) is 20.9 Å². The molecule has 154 valence electrons. The van der Waals surface area contributed by atoms with E-state index in [1.807, 2.05) is 0 Å². The van der Waals surface area contributed by atoms with Gasteiger partial charge in [0.25, 0.3) is 0 Å². The molecule has 0 radical (unpaired) electrons. The second-order valence-electron chi connectivity index (χ2n) is 6.51. The minimum Gasteiger partial charge on any atom is -0.460 e. The number of aromatic nitrogens is 1. The summed E-state index contributed by atoms with van der Waals surface area (Å²) in [6.45, 7) is 1.73. The highest BCUT2D eigenvalue weighted by Gasteiger charge is 2.23. The molecule has 0 atom stereocenters. The number of rotatable bonds is 7. The molecule has 0 N–H and O–H groups in total. The van der Waals surface area contributed by atoms with Crippen LogP contribution in [0.25, 0.3) is 10.9 Å². The van der Waals surface area contributed by atoms with E-state index in [1.54, 1.807) is 28.8 Å². The maximum atomic E-state index is 13.2. The summed E-state index contributed by atoms with van der Waals surface area (Å²) in [6.07, 6.45) is 0.525. The maximum absolute atomic E-state index is 13.2. The number of para-hydroxylation sites is 1. The van der Waals surface area contributed by atoms with Crippen molar-refractivity contribution in [1.82, 2.24) is 4.57 Å². The molecule has 0 aliphatic carbocycles. The Hall–Kier alpha value is -3.32. The van der Waals surface area contributed by atoms with E-state index in [0.717, 1.165) is 0 Å². The Bertz CT molecular complexity index is 1200. The number of benzene rings is 2. The molecule has 1 heterocycles. The lowest BCUT2D eigenvalue weighted by molar-refractivity contribution is -0.153. The van der Waals surface area contributed by atoms with E-state index in [-0.39, 0.29) is 24.1 Å². The first kappa shape index (κ1) is 21.4. The van der Waals surface area contributed by atoms with E-state index in [1.165, 1.54) is 31.3 Å². The Morgan fingerprint density at radius 3 is 2.47 bits per heavy atom. The van der Waals surface area contributed by atoms with Crippen molar-refractivity contribution in [1.29, 1.82) is 0 Å². The zero-order chi connectivity index (χ0) is 21.8. The van der Waals surface area contributed by atoms with E-state index in [0.29, 0.717) is 16.1 Å². The fourth-order valence-corrected chi connectivity index (χ4v) is 3.33. The van der Waals surface area contributed by atoms with Gasteiger partial charge in [-0.15, -0.1) is 0 Å². The molecule has 6 nitrogen and oxygen atoms in total. The van der Waals surface area contributed by atoms with E-state index in [9.17, 15) is 23.6 Å². The van der Waals surface area contributed by atoms with Crippen molar-refractivity contribution in [3.63, 3.8) is 0 Å². The molecule has 0 saturated heterocycles. The lowest BCUT2D eigenvalue weighted by Gasteiger charge is -2.14. The summed E-state index contributed by atoms with van der Waals surface area (Å²) >= 11 is 6.30. The third kappa shape index (κ3) is 4.46. The lowest BCUT2D eigenvalue weighted by atomic mass is 10.0. The van der Waals surface area contributed by atoms with Gasteiger partial charge in [-0.3, -0.25) is 14.4 Å². The van der Waals surface area contributed by atoms with Crippen LogP contribution >= 0.6 is 11.6 Å². The first-order valence-corrected chi connectivity index (χ1v) is 9.49. The lowest BCUT2D eigenvalue weighted by Crippen LogP contribution is -2.25. The second kappa shape index (κ2) is 9.00. The first-order valence-electron chi connectivity index (χ1n) is 9.11. The van der Waals surface area contributed by atoms with Gasteiger partial charge in [0.15, 0.2) is 11.2 Å². The molecule has 30 heavy (non-hydrogen) atoms. The van der Waals surface area contributed by atoms with Gasteiger partial charge in [0.1, 0.15) is 5.82 Å². The normalized spacial score (nSPS) is 10.8. The van der Waals surface area contributed by atoms with Gasteiger partial charge in [0.05, 0.1) is 29.1 Å². The van der Waals surface area contributed by atoms with Gasteiger partial charge in [0, 0.05) is 18.1 Å². The number of hydrogen-bond acceptors (Lipinski definition) is 5. The van der Waals surface area contributed by atoms with Crippen molar-refractivity contribution < 1.29 is 23.5 Å². The van der Waals surface area contributed by atoms with E-state index >= 15 is 0 Å². The summed E-state index contributed by atoms with van der Waals surface area (Å²) in [5.41, 5.74) is 0.276. The summed E-state index contributed by atoms with van der Waals surface area (Å²) in [7, 11) is 0. The highest BCUT2D eigenvalue weighted by molar-refractivity contribution is 6.38. The highest BCUT2D eigenvalue weighted by atomic mass is 35.5. The molecule has 3 aromatic rings. The van der Waals surface area contributed by atoms with Crippen molar-refractivity contribution in [2.24, 2.45) is 0 Å². The molecule has 0 bridgehead atoms. The molecular weight excluding hydrogens is 413 g/mol. The van der Waals surface area contributed by atoms with Crippen LogP contribution in [0.5, 0.6) is 0 Å². The first-order chi connectivity index (χ1) is 14.3. The van der Waals surface area contributed by atoms with Gasteiger partial charge >= 0.3 is 5.97 Å². The summed E-state index contributed by atoms with van der Waals surface area (Å²) in [4.78, 5) is 48.9. The minimum atomic E-state index is -1.12. The van der Waals surface area contributed by atoms with Gasteiger partial charge < -0.3 is 9.30 Å². The van der Waals surface area contributed by atoms with Crippen LogP contribution < -0.4 is 5.43 Å². The fraction of sp³-hybridized carbons (Fsp3) is 0.182. The van der Waals surface area contributed by atoms with Gasteiger partial charge in [-0.1, -0.05) is 29.8 Å². The van der Waals surface area contributed by atoms with Crippen LogP contribution in [0.1, 0.15) is 29.3 Å². The molecule has 0 aliphatic heterocycles. The smallest absolute Gasteiger partial charge is 0.375 e. The molecule has 3 rings (SSSR count). The quantitative estimate of drug-likeness (QED) is 0.248. The molecular formula is C22H17ClFNO5. The van der Waals surface area contributed by atoms with Crippen LogP contribution in [0.2, 0.25) is 5.02 Å². The molecule has 0 fully saturated rings. The monoisotopic (exact) mass is 429 g/mol. The van der Waals surface area contributed by atoms with Crippen molar-refractivity contribution >= 4 is 40.0 Å². The number of esters is 1. The molecule has 2 aromatic carbocycles. The molecule has 1 aromatic heterocycles. The Kier molecular flexibility index (Phi) is 6.42. The van der Waals surface area contributed by atoms with E-state index in [4.69, 9.17) is 11.6 Å². The Balaban J connectivity index is 2.07. The van der Waals surface area contributed by atoms with Crippen LogP contribution in [0, 0.1) is 5.82 Å². The topological polar surface area (TPSA) is 82.4 Å². The van der Waals surface area contributed by atoms with Crippen molar-refractivity contribution in [3.05, 3.63) is 80.9 Å². The largest absolute Gasteiger partial charge is 0.460 e. The van der Waals surface area contributed by atoms with Crippen LogP contribution in [0.4, 0.5) is 4.39 Å². The van der Waals surface area contributed by atoms with Gasteiger partial charge in [-0.2, -0.15) is 0 Å². The number of pyridine rings is 1. The number of halogens is 2. The summed E-state index contributed by atoms with van der Waals surface area (Å²) < 4.78 is 19.4. The maximum Gasteiger partial charge on any atom is 0.375 e. The van der Waals surface area contributed by atoms with E-state index in [2.05, 4.69) is 4.74 Å². The third-order valence-corrected chi connectivity index (χ3v) is 4.74. The Morgan fingerprint density at radius 1 is 1.10 bits per heavy atom. The number of hydrogen-bond donors (Lipinski definition) is 0. The number of nitrogens with zero attached hydrogens (tertiary/aromatic N) is 1. The number of carbonyl (C=O) groups is 3. The average Bonchev–Trinajstić information content (AvgIpc) is 2.71. The molecule has 0 saturated carbocycles. The summed E-state index contributed by atoms with van der Waals surface area (Å²) in [5.74, 6) is -3.35. The standard InChI is InChI=1S/C22H17ClFNO5/c1-2-30-22(29)19(27)10-18(26)16-12-25(11-13-6-8-14(24)9-7-13)20-15(21(16)28)4-3-5-17(20)23/h3-9,12H,2,10-11H2,1H3. The molecule has 8 heteroatoms. The van der Waals surface area contributed by atoms with Crippen molar-refractivity contribution in [2.45, 2.75) is 19.9 Å². The number of Topliss-reactive ketones (excluding diaryl/α,β-unsaturated/α-hetero) is 2. The zero-order valence-corrected chi connectivity index (χ0v) is 16.7. The van der Waals surface area contributed by atoms with Gasteiger partial charge in [-0.05, 0) is 36.8 Å². The second-order valence-corrected chi connectivity index (χ2v) is 6.91. The molecule has 0 aliphatic rings. The molecule has 0 spiro atoms. The fourth-order valence-electron chi connectivity index (χ4n) is 3.05. The van der Waals surface area contributed by atoms with E-state index < -0.39 is 35.2 Å². The molecule has 0 amide bonds. The highest BCUT2D eigenvalue weighted by Crippen LogP contribution is 2.23. The summed E-state index contributed by atoms with van der Waals surface area (Å²) in [6, 6.07) is 10.4. The van der Waals surface area contributed by atoms with Gasteiger partial charge in [-0.25, -0.2) is 9.18 Å². The minimum absolute atomic E-state index is 0.00227. The summed E-state index contributed by atoms with van der Waals surface area (Å²) in [5, 5.41) is 0.493. The Labute approximate surface area is 175 Å². The predicted octanol–water partition coefficient (Wildman–Crippen LogP) is 3.55. The third-order valence-electron chi connectivity index (χ3n) is 4.44. The zero-order valence-electron chi connectivity index (χ0n) is 16.0. The van der Waals surface area contributed by atoms with Crippen LogP contribution in [0.3, 0.4) is 0 Å². The van der Waals surface area contributed by atoms with Crippen molar-refractivity contribution in [2.75, 3.05) is 6.61 Å². The molecule has 0 unspecified atom stereocenters. The Morgan fingerprint density at radius 2 is 1.80 bits per heavy atom. The number of fused-ring (bicyclic) bond motifs is 1.